The predicted octanol–water partition coefficient (Wildman–Crippen LogP) is 1.46. The van der Waals surface area contributed by atoms with Crippen LogP contribution in [0.2, 0.25) is 5.02 Å². The Kier molecular flexibility index (Phi) is 3.78. The molecule has 6 nitrogen and oxygen atoms in total. The maximum atomic E-state index is 6.10. The van der Waals surface area contributed by atoms with E-state index in [1.807, 2.05) is 13.0 Å². The van der Waals surface area contributed by atoms with Gasteiger partial charge in [-0.3, -0.25) is 0 Å². The molecule has 2 rings (SSSR count). The number of aryl methyl sites for hydroxylation is 1. The smallest absolute Gasteiger partial charge is 0.212 e. The third kappa shape index (κ3) is 2.96. The van der Waals surface area contributed by atoms with Gasteiger partial charge in [0.05, 0.1) is 12.1 Å². The van der Waals surface area contributed by atoms with Crippen LogP contribution in [0.4, 0.5) is 0 Å². The van der Waals surface area contributed by atoms with Gasteiger partial charge in [-0.15, -0.1) is 10.2 Å². The highest BCUT2D eigenvalue weighted by molar-refractivity contribution is 6.32. The van der Waals surface area contributed by atoms with Crippen molar-refractivity contribution in [3.05, 3.63) is 34.6 Å². The van der Waals surface area contributed by atoms with Crippen molar-refractivity contribution in [3.8, 4) is 5.75 Å². The molecule has 2 aromatic rings. The lowest BCUT2D eigenvalue weighted by Crippen LogP contribution is -2.05. The molecule has 1 aromatic carbocycles. The first-order chi connectivity index (χ1) is 8.56. The molecule has 7 heteroatoms. The van der Waals surface area contributed by atoms with Crippen molar-refractivity contribution in [2.45, 2.75) is 19.6 Å². The second-order valence-electron chi connectivity index (χ2n) is 3.96. The van der Waals surface area contributed by atoms with Crippen molar-refractivity contribution in [3.63, 3.8) is 0 Å². The molecule has 0 fully saturated rings. The Labute approximate surface area is 110 Å². The molecule has 0 spiro atoms. The number of halogens is 1. The van der Waals surface area contributed by atoms with E-state index in [9.17, 15) is 0 Å². The van der Waals surface area contributed by atoms with Gasteiger partial charge in [0.15, 0.2) is 6.61 Å². The first-order valence-electron chi connectivity index (χ1n) is 5.47. The topological polar surface area (TPSA) is 78.9 Å². The summed E-state index contributed by atoms with van der Waals surface area (Å²) in [4.78, 5) is 1.37. The van der Waals surface area contributed by atoms with Crippen LogP contribution in [0.5, 0.6) is 5.75 Å². The Balaban J connectivity index is 2.05. The fraction of sp³-hybridized carbons (Fsp3) is 0.364. The maximum Gasteiger partial charge on any atom is 0.212 e. The van der Waals surface area contributed by atoms with Gasteiger partial charge < -0.3 is 10.5 Å². The number of hydrogen-bond donors (Lipinski definition) is 1. The van der Waals surface area contributed by atoms with Crippen LogP contribution >= 0.6 is 11.6 Å². The van der Waals surface area contributed by atoms with E-state index < -0.39 is 0 Å². The van der Waals surface area contributed by atoms with Gasteiger partial charge in [-0.05, 0) is 29.8 Å². The average Bonchev–Trinajstić information content (AvgIpc) is 2.73. The lowest BCUT2D eigenvalue weighted by molar-refractivity contribution is 0.295. The van der Waals surface area contributed by atoms with E-state index in [1.165, 1.54) is 4.80 Å². The standard InChI is InChI=1S/C11H14ClN5O/c1-7(13)8-3-4-10(9(12)5-8)18-6-11-14-16-17(2)15-11/h3-5,7H,6,13H2,1-2H3/t7-/m1/s1. The first kappa shape index (κ1) is 12.8. The average molecular weight is 268 g/mol. The van der Waals surface area contributed by atoms with E-state index in [0.717, 1.165) is 5.56 Å². The molecule has 0 aliphatic rings. The normalized spacial score (nSPS) is 12.4. The molecule has 96 valence electrons. The molecule has 2 N–H and O–H groups in total. The molecule has 1 atom stereocenters. The number of benzene rings is 1. The summed E-state index contributed by atoms with van der Waals surface area (Å²) >= 11 is 6.10. The number of rotatable bonds is 4. The summed E-state index contributed by atoms with van der Waals surface area (Å²) in [5, 5.41) is 12.1. The quantitative estimate of drug-likeness (QED) is 0.907. The molecule has 0 aliphatic carbocycles. The zero-order valence-electron chi connectivity index (χ0n) is 10.2. The Morgan fingerprint density at radius 3 is 2.83 bits per heavy atom. The van der Waals surface area contributed by atoms with Crippen molar-refractivity contribution in [2.75, 3.05) is 0 Å². The van der Waals surface area contributed by atoms with Crippen molar-refractivity contribution < 1.29 is 4.74 Å². The molecule has 1 heterocycles. The van der Waals surface area contributed by atoms with Gasteiger partial charge in [-0.2, -0.15) is 4.80 Å². The summed E-state index contributed by atoms with van der Waals surface area (Å²) in [5.41, 5.74) is 6.73. The number of tetrazole rings is 1. The van der Waals surface area contributed by atoms with Gasteiger partial charge in [0.1, 0.15) is 5.75 Å². The van der Waals surface area contributed by atoms with Crippen LogP contribution in [0.15, 0.2) is 18.2 Å². The van der Waals surface area contributed by atoms with Gasteiger partial charge in [0.2, 0.25) is 5.82 Å². The number of nitrogens with zero attached hydrogens (tertiary/aromatic N) is 4. The summed E-state index contributed by atoms with van der Waals surface area (Å²) in [6, 6.07) is 5.41. The van der Waals surface area contributed by atoms with E-state index in [1.54, 1.807) is 19.2 Å². The van der Waals surface area contributed by atoms with Crippen LogP contribution in [-0.2, 0) is 13.7 Å². The molecule has 0 unspecified atom stereocenters. The Morgan fingerprint density at radius 2 is 2.28 bits per heavy atom. The molecular weight excluding hydrogens is 254 g/mol. The van der Waals surface area contributed by atoms with Crippen LogP contribution in [0.25, 0.3) is 0 Å². The van der Waals surface area contributed by atoms with Crippen LogP contribution < -0.4 is 10.5 Å². The summed E-state index contributed by atoms with van der Waals surface area (Å²) in [5.74, 6) is 1.08. The third-order valence-electron chi connectivity index (χ3n) is 2.39. The van der Waals surface area contributed by atoms with Gasteiger partial charge >= 0.3 is 0 Å². The Hall–Kier alpha value is -1.66. The number of nitrogens with two attached hydrogens (primary N) is 1. The zero-order valence-corrected chi connectivity index (χ0v) is 10.9. The maximum absolute atomic E-state index is 6.10. The largest absolute Gasteiger partial charge is 0.484 e. The molecular formula is C11H14ClN5O. The monoisotopic (exact) mass is 267 g/mol. The van der Waals surface area contributed by atoms with E-state index in [4.69, 9.17) is 22.1 Å². The summed E-state index contributed by atoms with van der Waals surface area (Å²) in [6.45, 7) is 2.13. The fourth-order valence-corrected chi connectivity index (χ4v) is 1.68. The van der Waals surface area contributed by atoms with Gasteiger partial charge in [-0.25, -0.2) is 0 Å². The molecule has 0 saturated heterocycles. The second-order valence-corrected chi connectivity index (χ2v) is 4.37. The molecule has 0 bridgehead atoms. The highest BCUT2D eigenvalue weighted by Crippen LogP contribution is 2.27. The summed E-state index contributed by atoms with van der Waals surface area (Å²) in [6.07, 6.45) is 0. The lowest BCUT2D eigenvalue weighted by atomic mass is 10.1. The van der Waals surface area contributed by atoms with Crippen molar-refractivity contribution in [2.24, 2.45) is 12.8 Å². The van der Waals surface area contributed by atoms with Crippen LogP contribution in [0.1, 0.15) is 24.4 Å². The minimum atomic E-state index is -0.0572. The van der Waals surface area contributed by atoms with Crippen LogP contribution in [-0.4, -0.2) is 20.2 Å². The Bertz CT molecular complexity index is 540. The fourth-order valence-electron chi connectivity index (χ4n) is 1.44. The molecule has 0 amide bonds. The van der Waals surface area contributed by atoms with Crippen LogP contribution in [0, 0.1) is 0 Å². The zero-order chi connectivity index (χ0) is 13.1. The molecule has 0 saturated carbocycles. The highest BCUT2D eigenvalue weighted by Gasteiger charge is 2.07. The van der Waals surface area contributed by atoms with Gasteiger partial charge in [0.25, 0.3) is 0 Å². The number of aromatic nitrogens is 4. The molecule has 0 aliphatic heterocycles. The number of ether oxygens (including phenoxy) is 1. The Morgan fingerprint density at radius 1 is 1.50 bits per heavy atom. The molecule has 18 heavy (non-hydrogen) atoms. The second kappa shape index (κ2) is 5.32. The lowest BCUT2D eigenvalue weighted by Gasteiger charge is -2.10. The first-order valence-corrected chi connectivity index (χ1v) is 5.85. The molecule has 0 radical (unpaired) electrons. The number of hydrogen-bond acceptors (Lipinski definition) is 5. The third-order valence-corrected chi connectivity index (χ3v) is 2.68. The summed E-state index contributed by atoms with van der Waals surface area (Å²) in [7, 11) is 1.70. The summed E-state index contributed by atoms with van der Waals surface area (Å²) < 4.78 is 5.52. The van der Waals surface area contributed by atoms with E-state index in [-0.39, 0.29) is 12.6 Å². The van der Waals surface area contributed by atoms with Gasteiger partial charge in [0, 0.05) is 6.04 Å². The van der Waals surface area contributed by atoms with Crippen LogP contribution in [0.3, 0.4) is 0 Å². The molecule has 1 aromatic heterocycles. The van der Waals surface area contributed by atoms with Crippen molar-refractivity contribution in [1.82, 2.24) is 20.2 Å². The van der Waals surface area contributed by atoms with E-state index in [0.29, 0.717) is 16.6 Å². The van der Waals surface area contributed by atoms with Crippen molar-refractivity contribution >= 4 is 11.6 Å². The van der Waals surface area contributed by atoms with Crippen molar-refractivity contribution in [1.29, 1.82) is 0 Å². The van der Waals surface area contributed by atoms with E-state index >= 15 is 0 Å². The predicted molar refractivity (Wildman–Crippen MR) is 67.2 cm³/mol. The van der Waals surface area contributed by atoms with Gasteiger partial charge in [-0.1, -0.05) is 17.7 Å². The highest BCUT2D eigenvalue weighted by atomic mass is 35.5. The minimum Gasteiger partial charge on any atom is -0.484 e. The minimum absolute atomic E-state index is 0.0572. The van der Waals surface area contributed by atoms with E-state index in [2.05, 4.69) is 15.4 Å². The SMILES string of the molecule is C[C@@H](N)c1ccc(OCc2nnn(C)n2)c(Cl)c1.